The third kappa shape index (κ3) is 4.99. The first-order valence-corrected chi connectivity index (χ1v) is 14.9. The van der Waals surface area contributed by atoms with Crippen LogP contribution in [0.2, 0.25) is 10.0 Å². The Labute approximate surface area is 248 Å². The molecule has 0 saturated carbocycles. The number of amides is 1. The number of ether oxygens (including phenoxy) is 1. The normalized spacial score (nSPS) is 19.6. The highest BCUT2D eigenvalue weighted by molar-refractivity contribution is 8.00. The number of Topliss-reactive ketones (excluding diaryl/α,β-unsaturated/α-hetero) is 1. The largest absolute Gasteiger partial charge is 0.507 e. The highest BCUT2D eigenvalue weighted by atomic mass is 35.5. The van der Waals surface area contributed by atoms with Crippen LogP contribution in [0.5, 0.6) is 5.75 Å². The molecule has 1 N–H and O–H groups in total. The number of halogens is 2. The van der Waals surface area contributed by atoms with Crippen molar-refractivity contribution in [3.05, 3.63) is 105 Å². The van der Waals surface area contributed by atoms with Gasteiger partial charge in [-0.05, 0) is 60.0 Å². The molecule has 0 spiro atoms. The zero-order chi connectivity index (χ0) is 28.0. The molecule has 11 heteroatoms. The zero-order valence-corrected chi connectivity index (χ0v) is 24.2. The van der Waals surface area contributed by atoms with Gasteiger partial charge in [-0.3, -0.25) is 14.5 Å². The molecule has 0 radical (unpaired) electrons. The number of ketones is 1. The van der Waals surface area contributed by atoms with E-state index in [1.807, 2.05) is 31.2 Å². The lowest BCUT2D eigenvalue weighted by molar-refractivity contribution is -0.132. The molecule has 0 aliphatic carbocycles. The topological polar surface area (TPSA) is 92.6 Å². The van der Waals surface area contributed by atoms with Gasteiger partial charge in [-0.2, -0.15) is 0 Å². The zero-order valence-electron chi connectivity index (χ0n) is 21.0. The Morgan fingerprint density at radius 2 is 1.93 bits per heavy atom. The first kappa shape index (κ1) is 26.8. The Kier molecular flexibility index (Phi) is 7.31. The molecule has 0 bridgehead atoms. The van der Waals surface area contributed by atoms with E-state index in [4.69, 9.17) is 27.9 Å². The molecule has 3 heterocycles. The molecule has 1 amide bonds. The van der Waals surface area contributed by atoms with Gasteiger partial charge in [-0.25, -0.2) is 0 Å². The second-order valence-corrected chi connectivity index (χ2v) is 12.4. The van der Waals surface area contributed by atoms with Crippen molar-refractivity contribution < 1.29 is 19.4 Å². The second-order valence-electron chi connectivity index (χ2n) is 9.41. The lowest BCUT2D eigenvalue weighted by Gasteiger charge is -2.22. The van der Waals surface area contributed by atoms with Gasteiger partial charge in [0.1, 0.15) is 17.6 Å². The number of hydrogen-bond donors (Lipinski definition) is 1. The predicted molar refractivity (Wildman–Crippen MR) is 157 cm³/mol. The number of hydrogen-bond acceptors (Lipinski definition) is 8. The van der Waals surface area contributed by atoms with Crippen LogP contribution in [0.25, 0.3) is 5.76 Å². The molecule has 1 saturated heterocycles. The molecule has 2 aliphatic heterocycles. The summed E-state index contributed by atoms with van der Waals surface area (Å²) in [4.78, 5) is 28.2. The van der Waals surface area contributed by atoms with Crippen LogP contribution in [0.15, 0.2) is 76.6 Å². The number of aliphatic hydroxyl groups is 1. The van der Waals surface area contributed by atoms with Crippen molar-refractivity contribution in [1.82, 2.24) is 10.2 Å². The van der Waals surface area contributed by atoms with E-state index in [2.05, 4.69) is 10.2 Å². The summed E-state index contributed by atoms with van der Waals surface area (Å²) in [5.41, 5.74) is 2.81. The Hall–Kier alpha value is -3.37. The predicted octanol–water partition coefficient (Wildman–Crippen LogP) is 7.09. The van der Waals surface area contributed by atoms with Crippen molar-refractivity contribution >= 4 is 68.9 Å². The van der Waals surface area contributed by atoms with E-state index < -0.39 is 17.7 Å². The average Bonchev–Trinajstić information content (AvgIpc) is 3.63. The van der Waals surface area contributed by atoms with Crippen LogP contribution < -0.4 is 9.64 Å². The number of aromatic nitrogens is 2. The van der Waals surface area contributed by atoms with E-state index in [9.17, 15) is 14.7 Å². The van der Waals surface area contributed by atoms with E-state index in [0.717, 1.165) is 16.9 Å². The standard InChI is InChI=1S/C29H21Cl2N3O4S2/c1-15-11-19-12-17(9-10-22(19)38-15)25(35)23-24(16-6-4-7-20(30)13-16)34(27(37)26(23)36)28-32-33-29(40-28)39-14-18-5-2-3-8-21(18)31/h2-10,12-13,15,24,35H,11,14H2,1H3/t15-,24+/m0/s1. The SMILES string of the molecule is C[C@H]1Cc2cc(C(O)=C3C(=O)C(=O)N(c4nnc(SCc5ccccc5Cl)s4)[C@@H]3c3cccc(Cl)c3)ccc2O1. The fraction of sp³-hybridized carbons (Fsp3) is 0.172. The van der Waals surface area contributed by atoms with Gasteiger partial charge < -0.3 is 9.84 Å². The third-order valence-corrected chi connectivity index (χ3v) is 9.40. The summed E-state index contributed by atoms with van der Waals surface area (Å²) < 4.78 is 6.38. The number of thioether (sulfide) groups is 1. The quantitative estimate of drug-likeness (QED) is 0.0820. The summed E-state index contributed by atoms with van der Waals surface area (Å²) in [6, 6.07) is 18.7. The average molecular weight is 611 g/mol. The van der Waals surface area contributed by atoms with Crippen LogP contribution >= 0.6 is 46.3 Å². The van der Waals surface area contributed by atoms with Crippen molar-refractivity contribution in [3.8, 4) is 5.75 Å². The highest BCUT2D eigenvalue weighted by Crippen LogP contribution is 2.45. The smallest absolute Gasteiger partial charge is 0.301 e. The van der Waals surface area contributed by atoms with Gasteiger partial charge in [0.15, 0.2) is 4.34 Å². The van der Waals surface area contributed by atoms with Crippen molar-refractivity contribution in [2.45, 2.75) is 35.6 Å². The number of fused-ring (bicyclic) bond motifs is 1. The van der Waals surface area contributed by atoms with Crippen molar-refractivity contribution in [2.75, 3.05) is 4.90 Å². The molecule has 6 rings (SSSR count). The van der Waals surface area contributed by atoms with Crippen LogP contribution in [-0.4, -0.2) is 33.1 Å². The van der Waals surface area contributed by atoms with E-state index >= 15 is 0 Å². The summed E-state index contributed by atoms with van der Waals surface area (Å²) >= 11 is 15.2. The monoisotopic (exact) mass is 609 g/mol. The molecule has 4 aromatic rings. The molecule has 2 atom stereocenters. The molecule has 3 aromatic carbocycles. The van der Waals surface area contributed by atoms with Gasteiger partial charge >= 0.3 is 5.91 Å². The first-order chi connectivity index (χ1) is 19.3. The molecular formula is C29H21Cl2N3O4S2. The number of aliphatic hydroxyl groups excluding tert-OH is 1. The number of benzene rings is 3. The first-order valence-electron chi connectivity index (χ1n) is 12.4. The Balaban J connectivity index is 1.39. The van der Waals surface area contributed by atoms with Crippen LogP contribution in [-0.2, 0) is 21.8 Å². The summed E-state index contributed by atoms with van der Waals surface area (Å²) in [7, 11) is 0. The van der Waals surface area contributed by atoms with Crippen molar-refractivity contribution in [3.63, 3.8) is 0 Å². The fourth-order valence-corrected chi connectivity index (χ4v) is 7.21. The molecule has 2 aliphatic rings. The minimum absolute atomic E-state index is 0.0202. The number of carbonyl (C=O) groups excluding carboxylic acids is 2. The maximum absolute atomic E-state index is 13.5. The second kappa shape index (κ2) is 10.9. The lowest BCUT2D eigenvalue weighted by Crippen LogP contribution is -2.29. The number of anilines is 1. The minimum atomic E-state index is -0.948. The summed E-state index contributed by atoms with van der Waals surface area (Å²) in [6.45, 7) is 1.97. The van der Waals surface area contributed by atoms with Gasteiger partial charge in [-0.15, -0.1) is 10.2 Å². The lowest BCUT2D eigenvalue weighted by atomic mass is 9.94. The molecule has 7 nitrogen and oxygen atoms in total. The molecule has 202 valence electrons. The maximum atomic E-state index is 13.5. The number of rotatable bonds is 6. The Bertz CT molecular complexity index is 1690. The van der Waals surface area contributed by atoms with Gasteiger partial charge in [0.05, 0.1) is 11.6 Å². The maximum Gasteiger partial charge on any atom is 0.301 e. The third-order valence-electron chi connectivity index (χ3n) is 6.69. The Morgan fingerprint density at radius 3 is 2.73 bits per heavy atom. The summed E-state index contributed by atoms with van der Waals surface area (Å²) in [5.74, 6) is -0.583. The van der Waals surface area contributed by atoms with Crippen LogP contribution in [0.1, 0.15) is 35.2 Å². The van der Waals surface area contributed by atoms with E-state index in [1.54, 1.807) is 42.5 Å². The van der Waals surface area contributed by atoms with Gasteiger partial charge in [0.2, 0.25) is 5.13 Å². The molecule has 1 fully saturated rings. The van der Waals surface area contributed by atoms with Gasteiger partial charge in [0, 0.05) is 27.8 Å². The summed E-state index contributed by atoms with van der Waals surface area (Å²) in [5, 5.41) is 21.3. The minimum Gasteiger partial charge on any atom is -0.507 e. The van der Waals surface area contributed by atoms with Crippen molar-refractivity contribution in [1.29, 1.82) is 0 Å². The number of nitrogens with zero attached hydrogens (tertiary/aromatic N) is 3. The molecule has 1 aromatic heterocycles. The molecular weight excluding hydrogens is 589 g/mol. The Morgan fingerprint density at radius 1 is 1.10 bits per heavy atom. The summed E-state index contributed by atoms with van der Waals surface area (Å²) in [6.07, 6.45) is 0.703. The highest BCUT2D eigenvalue weighted by Gasteiger charge is 2.48. The molecule has 40 heavy (non-hydrogen) atoms. The van der Waals surface area contributed by atoms with Gasteiger partial charge in [-0.1, -0.05) is 76.6 Å². The molecule has 0 unspecified atom stereocenters. The van der Waals surface area contributed by atoms with Crippen LogP contribution in [0.4, 0.5) is 5.13 Å². The van der Waals surface area contributed by atoms with E-state index in [1.165, 1.54) is 28.0 Å². The van der Waals surface area contributed by atoms with Crippen molar-refractivity contribution in [2.24, 2.45) is 0 Å². The van der Waals surface area contributed by atoms with Crippen LogP contribution in [0.3, 0.4) is 0 Å². The van der Waals surface area contributed by atoms with Gasteiger partial charge in [0.25, 0.3) is 5.78 Å². The number of carbonyl (C=O) groups is 2. The fourth-order valence-electron chi connectivity index (χ4n) is 4.86. The van der Waals surface area contributed by atoms with E-state index in [0.29, 0.717) is 37.7 Å². The van der Waals surface area contributed by atoms with Crippen LogP contribution in [0, 0.1) is 0 Å². The van der Waals surface area contributed by atoms with E-state index in [-0.39, 0.29) is 22.6 Å².